The van der Waals surface area contributed by atoms with E-state index >= 15 is 0 Å². The summed E-state index contributed by atoms with van der Waals surface area (Å²) in [5.41, 5.74) is 7.39. The highest BCUT2D eigenvalue weighted by Crippen LogP contribution is 2.42. The molecule has 3 aromatic carbocycles. The number of hydrogen-bond acceptors (Lipinski definition) is 3. The molecule has 218 valence electrons. The van der Waals surface area contributed by atoms with Gasteiger partial charge in [-0.2, -0.15) is 0 Å². The third-order valence-corrected chi connectivity index (χ3v) is 8.30. The molecular formula is C36H42Cl2O3. The first-order valence-electron chi connectivity index (χ1n) is 14.8. The molecule has 0 saturated heterocycles. The van der Waals surface area contributed by atoms with Crippen molar-refractivity contribution in [3.05, 3.63) is 98.5 Å². The molecule has 0 fully saturated rings. The number of rotatable bonds is 10. The number of carbonyl (C=O) groups excluding carboxylic acids is 1. The molecule has 0 spiro atoms. The van der Waals surface area contributed by atoms with Gasteiger partial charge < -0.3 is 9.47 Å². The number of allylic oxidation sites excluding steroid dienone is 1. The molecular weight excluding hydrogens is 551 g/mol. The fourth-order valence-electron chi connectivity index (χ4n) is 5.37. The highest BCUT2D eigenvalue weighted by atomic mass is 35.5. The van der Waals surface area contributed by atoms with E-state index in [0.717, 1.165) is 54.7 Å². The van der Waals surface area contributed by atoms with E-state index in [9.17, 15) is 4.79 Å². The van der Waals surface area contributed by atoms with Crippen LogP contribution in [0.25, 0.3) is 11.1 Å². The van der Waals surface area contributed by atoms with Gasteiger partial charge in [-0.1, -0.05) is 86.3 Å². The lowest BCUT2D eigenvalue weighted by Gasteiger charge is -2.20. The molecule has 4 rings (SSSR count). The first-order valence-corrected chi connectivity index (χ1v) is 15.6. The number of benzene rings is 3. The minimum absolute atomic E-state index is 0.199. The van der Waals surface area contributed by atoms with Crippen molar-refractivity contribution in [3.63, 3.8) is 0 Å². The summed E-state index contributed by atoms with van der Waals surface area (Å²) in [5, 5.41) is 1.28. The topological polar surface area (TPSA) is 35.5 Å². The van der Waals surface area contributed by atoms with Gasteiger partial charge >= 0.3 is 5.97 Å². The first-order chi connectivity index (χ1) is 19.6. The lowest BCUT2D eigenvalue weighted by molar-refractivity contribution is -0.154. The maximum atomic E-state index is 12.4. The SMILES string of the molecule is CCC[C@@H](CC)COc1ccc(C2=C(c3ccc(Cl)cc3Cl)CCCc3cc(COC(=O)C(C)(C)C)ccc32)cc1. The van der Waals surface area contributed by atoms with E-state index in [4.69, 9.17) is 32.7 Å². The molecule has 5 heteroatoms. The molecule has 0 N–H and O–H groups in total. The zero-order valence-electron chi connectivity index (χ0n) is 25.0. The third kappa shape index (κ3) is 7.96. The second-order valence-corrected chi connectivity index (χ2v) is 12.9. The highest BCUT2D eigenvalue weighted by molar-refractivity contribution is 6.36. The normalized spacial score (nSPS) is 14.3. The van der Waals surface area contributed by atoms with Crippen LogP contribution in [0.2, 0.25) is 10.0 Å². The average Bonchev–Trinajstić information content (AvgIpc) is 3.13. The minimum Gasteiger partial charge on any atom is -0.493 e. The summed E-state index contributed by atoms with van der Waals surface area (Å²) in [4.78, 5) is 12.4. The number of fused-ring (bicyclic) bond motifs is 1. The molecule has 1 atom stereocenters. The van der Waals surface area contributed by atoms with Gasteiger partial charge in [0.05, 0.1) is 12.0 Å². The number of ether oxygens (including phenoxy) is 2. The van der Waals surface area contributed by atoms with Gasteiger partial charge in [0, 0.05) is 10.0 Å². The lowest BCUT2D eigenvalue weighted by atomic mass is 9.87. The van der Waals surface area contributed by atoms with Crippen LogP contribution in [-0.2, 0) is 22.6 Å². The Bertz CT molecular complexity index is 1380. The fraction of sp³-hybridized carbons (Fsp3) is 0.417. The van der Waals surface area contributed by atoms with E-state index in [1.165, 1.54) is 35.1 Å². The minimum atomic E-state index is -0.530. The van der Waals surface area contributed by atoms with Crippen LogP contribution < -0.4 is 4.74 Å². The smallest absolute Gasteiger partial charge is 0.311 e. The average molecular weight is 594 g/mol. The van der Waals surface area contributed by atoms with Gasteiger partial charge in [0.2, 0.25) is 0 Å². The van der Waals surface area contributed by atoms with Crippen LogP contribution >= 0.6 is 23.2 Å². The molecule has 0 saturated carbocycles. The van der Waals surface area contributed by atoms with Gasteiger partial charge in [0.25, 0.3) is 0 Å². The lowest BCUT2D eigenvalue weighted by Crippen LogP contribution is -2.22. The summed E-state index contributed by atoms with van der Waals surface area (Å²) in [5.74, 6) is 1.27. The van der Waals surface area contributed by atoms with Crippen LogP contribution in [0.4, 0.5) is 0 Å². The molecule has 0 radical (unpaired) electrons. The van der Waals surface area contributed by atoms with Crippen molar-refractivity contribution in [1.29, 1.82) is 0 Å². The largest absolute Gasteiger partial charge is 0.493 e. The third-order valence-electron chi connectivity index (χ3n) is 7.76. The maximum Gasteiger partial charge on any atom is 0.311 e. The van der Waals surface area contributed by atoms with Gasteiger partial charge in [-0.15, -0.1) is 0 Å². The number of halogens is 2. The molecule has 1 aliphatic carbocycles. The van der Waals surface area contributed by atoms with Crippen molar-refractivity contribution in [1.82, 2.24) is 0 Å². The van der Waals surface area contributed by atoms with E-state index < -0.39 is 5.41 Å². The fourth-order valence-corrected chi connectivity index (χ4v) is 5.90. The maximum absolute atomic E-state index is 12.4. The Morgan fingerprint density at radius 3 is 2.32 bits per heavy atom. The predicted octanol–water partition coefficient (Wildman–Crippen LogP) is 10.6. The van der Waals surface area contributed by atoms with E-state index in [2.05, 4.69) is 56.3 Å². The Balaban J connectivity index is 1.73. The predicted molar refractivity (Wildman–Crippen MR) is 172 cm³/mol. The zero-order chi connectivity index (χ0) is 29.6. The van der Waals surface area contributed by atoms with Crippen LogP contribution in [0.1, 0.15) is 94.5 Å². The molecule has 0 aliphatic heterocycles. The summed E-state index contributed by atoms with van der Waals surface area (Å²) in [7, 11) is 0. The van der Waals surface area contributed by atoms with Crippen molar-refractivity contribution >= 4 is 40.3 Å². The molecule has 3 aromatic rings. The Hall–Kier alpha value is -2.75. The van der Waals surface area contributed by atoms with Crippen LogP contribution in [0.5, 0.6) is 5.75 Å². The van der Waals surface area contributed by atoms with Crippen molar-refractivity contribution in [2.24, 2.45) is 11.3 Å². The Morgan fingerprint density at radius 1 is 0.927 bits per heavy atom. The molecule has 0 bridgehead atoms. The van der Waals surface area contributed by atoms with Crippen molar-refractivity contribution < 1.29 is 14.3 Å². The van der Waals surface area contributed by atoms with Crippen LogP contribution in [-0.4, -0.2) is 12.6 Å². The van der Waals surface area contributed by atoms with Crippen molar-refractivity contribution in [2.75, 3.05) is 6.61 Å². The first kappa shape index (κ1) is 31.2. The van der Waals surface area contributed by atoms with Gasteiger partial charge in [0.1, 0.15) is 12.4 Å². The van der Waals surface area contributed by atoms with E-state index in [0.29, 0.717) is 16.0 Å². The van der Waals surface area contributed by atoms with Crippen molar-refractivity contribution in [3.8, 4) is 5.75 Å². The number of aryl methyl sites for hydroxylation is 1. The Labute approximate surface area is 255 Å². The van der Waals surface area contributed by atoms with E-state index in [1.54, 1.807) is 0 Å². The molecule has 1 aliphatic rings. The highest BCUT2D eigenvalue weighted by Gasteiger charge is 2.24. The van der Waals surface area contributed by atoms with E-state index in [-0.39, 0.29) is 12.6 Å². The van der Waals surface area contributed by atoms with Crippen LogP contribution in [0.3, 0.4) is 0 Å². The summed E-state index contributed by atoms with van der Waals surface area (Å²) in [6.45, 7) is 11.1. The summed E-state index contributed by atoms with van der Waals surface area (Å²) in [6.07, 6.45) is 6.26. The number of carbonyl (C=O) groups is 1. The zero-order valence-corrected chi connectivity index (χ0v) is 26.5. The monoisotopic (exact) mass is 592 g/mol. The van der Waals surface area contributed by atoms with Gasteiger partial charge in [-0.3, -0.25) is 4.79 Å². The molecule has 0 amide bonds. The number of hydrogen-bond donors (Lipinski definition) is 0. The van der Waals surface area contributed by atoms with Gasteiger partial charge in [-0.05, 0) is 116 Å². The van der Waals surface area contributed by atoms with Gasteiger partial charge in [-0.25, -0.2) is 0 Å². The molecule has 0 heterocycles. The second-order valence-electron chi connectivity index (χ2n) is 12.0. The Morgan fingerprint density at radius 2 is 1.66 bits per heavy atom. The Kier molecular flexibility index (Phi) is 10.6. The molecule has 0 unspecified atom stereocenters. The molecule has 3 nitrogen and oxygen atoms in total. The van der Waals surface area contributed by atoms with Crippen molar-refractivity contribution in [2.45, 2.75) is 79.8 Å². The van der Waals surface area contributed by atoms with Crippen LogP contribution in [0, 0.1) is 11.3 Å². The van der Waals surface area contributed by atoms with E-state index in [1.807, 2.05) is 39.0 Å². The standard InChI is InChI=1S/C36H42Cl2O3/c1-6-9-24(7-2)22-40-29-16-13-26(14-17-29)34-30-18-12-25(23-41-35(39)36(3,4)5)20-27(30)10-8-11-32(34)31-19-15-28(37)21-33(31)38/h12-21,24H,6-11,22-23H2,1-5H3/t24-/m1/s1. The summed E-state index contributed by atoms with van der Waals surface area (Å²) >= 11 is 13.0. The second kappa shape index (κ2) is 13.9. The quantitative estimate of drug-likeness (QED) is 0.219. The number of esters is 1. The summed E-state index contributed by atoms with van der Waals surface area (Å²) in [6, 6.07) is 20.6. The van der Waals surface area contributed by atoms with Crippen LogP contribution in [0.15, 0.2) is 60.7 Å². The molecule has 41 heavy (non-hydrogen) atoms. The molecule has 0 aromatic heterocycles. The van der Waals surface area contributed by atoms with Gasteiger partial charge in [0.15, 0.2) is 0 Å². The summed E-state index contributed by atoms with van der Waals surface area (Å²) < 4.78 is 11.8.